The van der Waals surface area contributed by atoms with Crippen molar-refractivity contribution in [3.05, 3.63) is 0 Å². The fraction of sp³-hybridized carbons (Fsp3) is 0.833. The SMILES string of the molecule is COC(=O)C[Si](C)(C)O[Si](C)(C)O[Si](C)(C)CC(C)=O. The third-order valence-corrected chi connectivity index (χ3v) is 13.4. The lowest BCUT2D eigenvalue weighted by Gasteiger charge is -2.38. The van der Waals surface area contributed by atoms with Crippen LogP contribution in [-0.2, 0) is 22.6 Å². The molecule has 0 aliphatic heterocycles. The number of ketones is 1. The molecule has 0 aromatic rings. The number of esters is 1. The minimum atomic E-state index is -2.36. The molecular weight excluding hydrogens is 308 g/mol. The van der Waals surface area contributed by atoms with Crippen LogP contribution in [0.5, 0.6) is 0 Å². The largest absolute Gasteiger partial charge is 0.469 e. The Hall–Kier alpha value is -0.289. The molecule has 0 rings (SSSR count). The molecule has 0 amide bonds. The molecule has 0 aliphatic carbocycles. The highest BCUT2D eigenvalue weighted by molar-refractivity contribution is 6.89. The van der Waals surface area contributed by atoms with Gasteiger partial charge in [0.2, 0.25) is 0 Å². The van der Waals surface area contributed by atoms with E-state index in [0.717, 1.165) is 0 Å². The summed E-state index contributed by atoms with van der Waals surface area (Å²) in [5.74, 6) is -0.0933. The topological polar surface area (TPSA) is 61.8 Å². The number of carbonyl (C=O) groups is 2. The maximum atomic E-state index is 11.4. The van der Waals surface area contributed by atoms with E-state index in [4.69, 9.17) is 13.0 Å². The Kier molecular flexibility index (Phi) is 7.02. The Labute approximate surface area is 125 Å². The first-order chi connectivity index (χ1) is 8.79. The van der Waals surface area contributed by atoms with Crippen LogP contribution < -0.4 is 0 Å². The molecule has 0 atom stereocenters. The molecule has 0 N–H and O–H groups in total. The molecule has 5 nitrogen and oxygen atoms in total. The Balaban J connectivity index is 4.72. The summed E-state index contributed by atoms with van der Waals surface area (Å²) in [4.78, 5) is 22.7. The first kappa shape index (κ1) is 19.7. The third kappa shape index (κ3) is 8.80. The normalized spacial score (nSPS) is 13.2. The minimum Gasteiger partial charge on any atom is -0.469 e. The summed E-state index contributed by atoms with van der Waals surface area (Å²) in [7, 11) is -5.19. The second-order valence-electron chi connectivity index (χ2n) is 6.76. The monoisotopic (exact) mass is 336 g/mol. The van der Waals surface area contributed by atoms with Crippen molar-refractivity contribution in [3.8, 4) is 0 Å². The molecule has 0 heterocycles. The quantitative estimate of drug-likeness (QED) is 0.504. The highest BCUT2D eigenvalue weighted by Crippen LogP contribution is 2.24. The summed E-state index contributed by atoms with van der Waals surface area (Å²) in [5.41, 5.74) is 0. The van der Waals surface area contributed by atoms with Gasteiger partial charge in [0, 0.05) is 6.04 Å². The van der Waals surface area contributed by atoms with E-state index in [0.29, 0.717) is 12.1 Å². The molecule has 0 radical (unpaired) electrons. The van der Waals surface area contributed by atoms with Crippen LogP contribution in [0, 0.1) is 0 Å². The van der Waals surface area contributed by atoms with Gasteiger partial charge in [-0.25, -0.2) is 0 Å². The number of rotatable bonds is 8. The maximum Gasteiger partial charge on any atom is 0.311 e. The van der Waals surface area contributed by atoms with Gasteiger partial charge in [-0.15, -0.1) is 0 Å². The zero-order valence-corrected chi connectivity index (χ0v) is 17.0. The zero-order chi connectivity index (χ0) is 16.2. The van der Waals surface area contributed by atoms with Gasteiger partial charge in [-0.3, -0.25) is 4.79 Å². The first-order valence-corrected chi connectivity index (χ1v) is 15.8. The highest BCUT2D eigenvalue weighted by atomic mass is 28.5. The Morgan fingerprint density at radius 3 is 1.60 bits per heavy atom. The predicted octanol–water partition coefficient (Wildman–Crippen LogP) is 2.89. The van der Waals surface area contributed by atoms with Gasteiger partial charge >= 0.3 is 14.5 Å². The molecule has 118 valence electrons. The average molecular weight is 337 g/mol. The molecular formula is C12H28O5Si3. The molecule has 0 fully saturated rings. The van der Waals surface area contributed by atoms with Gasteiger partial charge in [0.15, 0.2) is 16.6 Å². The fourth-order valence-corrected chi connectivity index (χ4v) is 16.2. The molecule has 20 heavy (non-hydrogen) atoms. The van der Waals surface area contributed by atoms with Crippen LogP contribution in [-0.4, -0.2) is 44.1 Å². The van der Waals surface area contributed by atoms with Crippen LogP contribution in [0.25, 0.3) is 0 Å². The predicted molar refractivity (Wildman–Crippen MR) is 86.9 cm³/mol. The lowest BCUT2D eigenvalue weighted by atomic mass is 10.5. The van der Waals surface area contributed by atoms with Gasteiger partial charge in [-0.2, -0.15) is 0 Å². The molecule has 0 aromatic heterocycles. The number of hydrogen-bond donors (Lipinski definition) is 0. The van der Waals surface area contributed by atoms with Crippen LogP contribution in [0.3, 0.4) is 0 Å². The Morgan fingerprint density at radius 1 is 0.850 bits per heavy atom. The molecule has 8 heteroatoms. The van der Waals surface area contributed by atoms with Crippen LogP contribution in [0.4, 0.5) is 0 Å². The van der Waals surface area contributed by atoms with E-state index in [1.165, 1.54) is 7.11 Å². The van der Waals surface area contributed by atoms with Crippen LogP contribution in [0.1, 0.15) is 6.92 Å². The van der Waals surface area contributed by atoms with E-state index in [1.807, 2.05) is 39.3 Å². The van der Waals surface area contributed by atoms with Crippen molar-refractivity contribution in [2.24, 2.45) is 0 Å². The van der Waals surface area contributed by atoms with Crippen molar-refractivity contribution >= 4 is 36.9 Å². The van der Waals surface area contributed by atoms with Gasteiger partial charge < -0.3 is 17.8 Å². The molecule has 0 aliphatic rings. The number of ether oxygens (including phenoxy) is 1. The van der Waals surface area contributed by atoms with Gasteiger partial charge in [-0.1, -0.05) is 0 Å². The lowest BCUT2D eigenvalue weighted by molar-refractivity contribution is -0.138. The van der Waals surface area contributed by atoms with E-state index in [9.17, 15) is 9.59 Å². The van der Waals surface area contributed by atoms with Crippen molar-refractivity contribution in [3.63, 3.8) is 0 Å². The Morgan fingerprint density at radius 2 is 1.25 bits per heavy atom. The van der Waals surface area contributed by atoms with E-state index in [-0.39, 0.29) is 11.8 Å². The number of Topliss-reactive ketones (excluding diaryl/α,β-unsaturated/α-hetero) is 1. The van der Waals surface area contributed by atoms with E-state index < -0.39 is 25.2 Å². The van der Waals surface area contributed by atoms with Crippen LogP contribution in [0.2, 0.25) is 51.4 Å². The van der Waals surface area contributed by atoms with Crippen LogP contribution in [0.15, 0.2) is 0 Å². The summed E-state index contributed by atoms with van der Waals surface area (Å²) < 4.78 is 17.1. The van der Waals surface area contributed by atoms with Crippen molar-refractivity contribution in [2.75, 3.05) is 7.11 Å². The summed E-state index contributed by atoms with van der Waals surface area (Å²) >= 11 is 0. The molecule has 0 saturated carbocycles. The van der Waals surface area contributed by atoms with E-state index in [2.05, 4.69) is 0 Å². The summed E-state index contributed by atoms with van der Waals surface area (Å²) in [6.45, 7) is 13.6. The number of hydrogen-bond acceptors (Lipinski definition) is 5. The molecule has 0 unspecified atom stereocenters. The van der Waals surface area contributed by atoms with Gasteiger partial charge in [0.25, 0.3) is 0 Å². The first-order valence-electron chi connectivity index (χ1n) is 6.75. The van der Waals surface area contributed by atoms with Crippen molar-refractivity contribution in [2.45, 2.75) is 58.3 Å². The fourth-order valence-electron chi connectivity index (χ4n) is 2.44. The average Bonchev–Trinajstić information content (AvgIpc) is 2.09. The molecule has 0 saturated heterocycles. The lowest BCUT2D eigenvalue weighted by Crippen LogP contribution is -2.53. The van der Waals surface area contributed by atoms with Crippen molar-refractivity contribution in [1.82, 2.24) is 0 Å². The summed E-state index contributed by atoms with van der Waals surface area (Å²) in [6, 6.07) is 0.809. The van der Waals surface area contributed by atoms with E-state index in [1.54, 1.807) is 6.92 Å². The van der Waals surface area contributed by atoms with Gasteiger partial charge in [0.1, 0.15) is 5.78 Å². The number of methoxy groups -OCH3 is 1. The van der Waals surface area contributed by atoms with Gasteiger partial charge in [-0.05, 0) is 46.2 Å². The Bertz CT molecular complexity index is 366. The zero-order valence-electron chi connectivity index (χ0n) is 14.0. The smallest absolute Gasteiger partial charge is 0.311 e. The second kappa shape index (κ2) is 7.12. The standard InChI is InChI=1S/C12H28O5Si3/c1-11(13)9-18(3,4)16-20(7,8)17-19(5,6)10-12(14)15-2/h9-10H2,1-8H3. The molecule has 0 aromatic carbocycles. The third-order valence-electron chi connectivity index (χ3n) is 2.52. The number of carbonyl (C=O) groups excluding carboxylic acids is 2. The maximum absolute atomic E-state index is 11.4. The van der Waals surface area contributed by atoms with Crippen LogP contribution >= 0.6 is 0 Å². The second-order valence-corrected chi connectivity index (χ2v) is 18.9. The van der Waals surface area contributed by atoms with Crippen molar-refractivity contribution < 1.29 is 22.6 Å². The van der Waals surface area contributed by atoms with E-state index >= 15 is 0 Å². The summed E-state index contributed by atoms with van der Waals surface area (Å²) in [6.07, 6.45) is 0. The minimum absolute atomic E-state index is 0.150. The molecule has 0 bridgehead atoms. The highest BCUT2D eigenvalue weighted by Gasteiger charge is 2.41. The molecule has 0 spiro atoms. The summed E-state index contributed by atoms with van der Waals surface area (Å²) in [5, 5.41) is 0. The van der Waals surface area contributed by atoms with Crippen molar-refractivity contribution in [1.29, 1.82) is 0 Å². The van der Waals surface area contributed by atoms with Gasteiger partial charge in [0.05, 0.1) is 13.2 Å².